The van der Waals surface area contributed by atoms with Crippen molar-refractivity contribution < 1.29 is 18.7 Å². The highest BCUT2D eigenvalue weighted by atomic mass is 16.5. The summed E-state index contributed by atoms with van der Waals surface area (Å²) in [6.45, 7) is 5.41. The second-order valence-corrected chi connectivity index (χ2v) is 4.73. The molecular formula is C16H18N2O4. The Labute approximate surface area is 128 Å². The molecule has 22 heavy (non-hydrogen) atoms. The van der Waals surface area contributed by atoms with Crippen molar-refractivity contribution in [3.8, 4) is 11.5 Å². The van der Waals surface area contributed by atoms with E-state index in [0.29, 0.717) is 18.2 Å². The molecule has 0 spiro atoms. The summed E-state index contributed by atoms with van der Waals surface area (Å²) in [5, 5.41) is 2.59. The van der Waals surface area contributed by atoms with Gasteiger partial charge in [-0.25, -0.2) is 9.78 Å². The van der Waals surface area contributed by atoms with Gasteiger partial charge in [-0.1, -0.05) is 18.2 Å². The van der Waals surface area contributed by atoms with Gasteiger partial charge in [0.15, 0.2) is 11.8 Å². The summed E-state index contributed by atoms with van der Waals surface area (Å²) in [6.07, 6.45) is -0.885. The van der Waals surface area contributed by atoms with Gasteiger partial charge in [-0.05, 0) is 32.9 Å². The first-order valence-corrected chi connectivity index (χ1v) is 7.04. The Bertz CT molecular complexity index is 664. The Balaban J connectivity index is 2.14. The van der Waals surface area contributed by atoms with E-state index in [1.54, 1.807) is 13.8 Å². The van der Waals surface area contributed by atoms with Crippen LogP contribution in [0.15, 0.2) is 34.7 Å². The topological polar surface area (TPSA) is 81.4 Å². The zero-order valence-electron chi connectivity index (χ0n) is 12.8. The van der Waals surface area contributed by atoms with Gasteiger partial charge in [-0.3, -0.25) is 4.79 Å². The molecule has 0 bridgehead atoms. The number of carbonyl (C=O) groups is 2. The number of nitrogens with one attached hydrogen (secondary N) is 1. The van der Waals surface area contributed by atoms with E-state index in [0.717, 1.165) is 5.56 Å². The van der Waals surface area contributed by atoms with E-state index in [2.05, 4.69) is 10.3 Å². The van der Waals surface area contributed by atoms with Gasteiger partial charge in [0.05, 0.1) is 0 Å². The van der Waals surface area contributed by atoms with E-state index in [1.165, 1.54) is 6.92 Å². The molecule has 1 heterocycles. The Kier molecular flexibility index (Phi) is 4.93. The number of ether oxygens (including phenoxy) is 1. The molecule has 0 unspecified atom stereocenters. The Morgan fingerprint density at radius 2 is 2.00 bits per heavy atom. The second-order valence-electron chi connectivity index (χ2n) is 4.73. The monoisotopic (exact) mass is 302 g/mol. The van der Waals surface area contributed by atoms with Gasteiger partial charge in [0.2, 0.25) is 5.89 Å². The third kappa shape index (κ3) is 3.52. The third-order valence-electron chi connectivity index (χ3n) is 3.01. The first kappa shape index (κ1) is 15.8. The summed E-state index contributed by atoms with van der Waals surface area (Å²) in [6, 6.07) is 9.24. The maximum atomic E-state index is 12.1. The first-order valence-electron chi connectivity index (χ1n) is 7.04. The molecule has 1 atom stereocenters. The smallest absolute Gasteiger partial charge is 0.361 e. The lowest BCUT2D eigenvalue weighted by Gasteiger charge is -2.11. The molecule has 1 aromatic carbocycles. The average molecular weight is 302 g/mol. The second kappa shape index (κ2) is 6.89. The molecule has 0 fully saturated rings. The van der Waals surface area contributed by atoms with Crippen molar-refractivity contribution in [2.24, 2.45) is 0 Å². The summed E-state index contributed by atoms with van der Waals surface area (Å²) < 4.78 is 10.6. The lowest BCUT2D eigenvalue weighted by molar-refractivity contribution is -0.128. The summed E-state index contributed by atoms with van der Waals surface area (Å²) in [4.78, 5) is 27.9. The predicted octanol–water partition coefficient (Wildman–Crippen LogP) is 2.33. The fraction of sp³-hybridized carbons (Fsp3) is 0.312. The zero-order valence-corrected chi connectivity index (χ0v) is 12.8. The van der Waals surface area contributed by atoms with Crippen molar-refractivity contribution in [1.82, 2.24) is 10.3 Å². The highest BCUT2D eigenvalue weighted by Crippen LogP contribution is 2.22. The van der Waals surface area contributed by atoms with Crippen LogP contribution in [0.1, 0.15) is 30.1 Å². The largest absolute Gasteiger partial charge is 0.448 e. The maximum Gasteiger partial charge on any atom is 0.361 e. The highest BCUT2D eigenvalue weighted by molar-refractivity contribution is 5.91. The normalized spacial score (nSPS) is 11.8. The van der Waals surface area contributed by atoms with Crippen LogP contribution in [0.5, 0.6) is 0 Å². The first-order chi connectivity index (χ1) is 10.5. The van der Waals surface area contributed by atoms with Crippen molar-refractivity contribution >= 4 is 11.9 Å². The van der Waals surface area contributed by atoms with Gasteiger partial charge < -0.3 is 14.5 Å². The molecule has 1 N–H and O–H groups in total. The number of rotatable bonds is 5. The Morgan fingerprint density at radius 3 is 2.64 bits per heavy atom. The van der Waals surface area contributed by atoms with Crippen LogP contribution in [0.3, 0.4) is 0 Å². The van der Waals surface area contributed by atoms with E-state index >= 15 is 0 Å². The number of amides is 1. The fourth-order valence-corrected chi connectivity index (χ4v) is 1.88. The number of benzene rings is 1. The van der Waals surface area contributed by atoms with E-state index in [1.807, 2.05) is 30.3 Å². The molecule has 116 valence electrons. The van der Waals surface area contributed by atoms with E-state index in [4.69, 9.17) is 9.15 Å². The molecule has 2 rings (SSSR count). The van der Waals surface area contributed by atoms with Gasteiger partial charge in [-0.15, -0.1) is 0 Å². The minimum atomic E-state index is -0.885. The van der Waals surface area contributed by atoms with Crippen LogP contribution in [0.2, 0.25) is 0 Å². The van der Waals surface area contributed by atoms with Crippen LogP contribution in [0.4, 0.5) is 0 Å². The van der Waals surface area contributed by atoms with E-state index < -0.39 is 12.1 Å². The quantitative estimate of drug-likeness (QED) is 0.857. The van der Waals surface area contributed by atoms with Crippen molar-refractivity contribution in [3.05, 3.63) is 41.8 Å². The minimum absolute atomic E-state index is 0.0787. The van der Waals surface area contributed by atoms with E-state index in [9.17, 15) is 9.59 Å². The lowest BCUT2D eigenvalue weighted by Crippen LogP contribution is -2.35. The maximum absolute atomic E-state index is 12.1. The third-order valence-corrected chi connectivity index (χ3v) is 3.01. The van der Waals surface area contributed by atoms with Gasteiger partial charge in [-0.2, -0.15) is 0 Å². The molecular weight excluding hydrogens is 284 g/mol. The highest BCUT2D eigenvalue weighted by Gasteiger charge is 2.23. The summed E-state index contributed by atoms with van der Waals surface area (Å²) in [5.74, 6) is -0.329. The fourth-order valence-electron chi connectivity index (χ4n) is 1.88. The number of nitrogens with zero attached hydrogens (tertiary/aromatic N) is 1. The lowest BCUT2D eigenvalue weighted by atomic mass is 10.2. The van der Waals surface area contributed by atoms with Crippen LogP contribution in [-0.2, 0) is 9.53 Å². The van der Waals surface area contributed by atoms with Gasteiger partial charge in [0, 0.05) is 12.1 Å². The molecule has 1 amide bonds. The Morgan fingerprint density at radius 1 is 1.32 bits per heavy atom. The summed E-state index contributed by atoms with van der Waals surface area (Å²) in [5.41, 5.74) is 0.844. The van der Waals surface area contributed by atoms with Gasteiger partial charge in [0.1, 0.15) is 5.76 Å². The Hall–Kier alpha value is -2.63. The number of hydrogen-bond acceptors (Lipinski definition) is 5. The number of carbonyl (C=O) groups excluding carboxylic acids is 2. The van der Waals surface area contributed by atoms with Crippen molar-refractivity contribution in [2.45, 2.75) is 26.9 Å². The van der Waals surface area contributed by atoms with Crippen molar-refractivity contribution in [3.63, 3.8) is 0 Å². The summed E-state index contributed by atoms with van der Waals surface area (Å²) in [7, 11) is 0. The molecule has 0 radical (unpaired) electrons. The van der Waals surface area contributed by atoms with E-state index in [-0.39, 0.29) is 11.6 Å². The zero-order chi connectivity index (χ0) is 16.1. The SMILES string of the molecule is CCNC(=O)[C@@H](C)OC(=O)c1nc(-c2ccccc2)oc1C. The van der Waals surface area contributed by atoms with Crippen LogP contribution >= 0.6 is 0 Å². The standard InChI is InChI=1S/C16H18N2O4/c1-4-17-14(19)11(3)22-16(20)13-10(2)21-15(18-13)12-8-6-5-7-9-12/h5-9,11H,4H2,1-3H3,(H,17,19)/t11-/m1/s1. The number of aromatic nitrogens is 1. The summed E-state index contributed by atoms with van der Waals surface area (Å²) >= 11 is 0. The molecule has 0 saturated carbocycles. The molecule has 2 aromatic rings. The number of likely N-dealkylation sites (N-methyl/N-ethyl adjacent to an activating group) is 1. The van der Waals surface area contributed by atoms with Gasteiger partial charge >= 0.3 is 5.97 Å². The van der Waals surface area contributed by atoms with Crippen molar-refractivity contribution in [1.29, 1.82) is 0 Å². The average Bonchev–Trinajstić information content (AvgIpc) is 2.90. The molecule has 6 nitrogen and oxygen atoms in total. The van der Waals surface area contributed by atoms with Gasteiger partial charge in [0.25, 0.3) is 5.91 Å². The van der Waals surface area contributed by atoms with Crippen LogP contribution in [0.25, 0.3) is 11.5 Å². The molecule has 1 aromatic heterocycles. The molecule has 0 aliphatic rings. The van der Waals surface area contributed by atoms with Crippen LogP contribution < -0.4 is 5.32 Å². The number of oxazole rings is 1. The molecule has 6 heteroatoms. The van der Waals surface area contributed by atoms with Crippen LogP contribution in [0, 0.1) is 6.92 Å². The van der Waals surface area contributed by atoms with Crippen molar-refractivity contribution in [2.75, 3.05) is 6.54 Å². The molecule has 0 saturated heterocycles. The number of esters is 1. The van der Waals surface area contributed by atoms with Crippen LogP contribution in [-0.4, -0.2) is 29.5 Å². The predicted molar refractivity (Wildman–Crippen MR) is 80.2 cm³/mol. The molecule has 0 aliphatic heterocycles. The number of hydrogen-bond donors (Lipinski definition) is 1. The molecule has 0 aliphatic carbocycles. The minimum Gasteiger partial charge on any atom is -0.448 e. The number of aryl methyl sites for hydroxylation is 1.